The average molecular weight is 213 g/mol. The molecule has 86 valence electrons. The summed E-state index contributed by atoms with van der Waals surface area (Å²) in [4.78, 5) is 0. The van der Waals surface area contributed by atoms with Crippen molar-refractivity contribution in [3.05, 3.63) is 23.7 Å². The molecule has 1 N–H and O–H groups in total. The highest BCUT2D eigenvalue weighted by molar-refractivity contribution is 5.15. The lowest BCUT2D eigenvalue weighted by Gasteiger charge is -2.04. The van der Waals surface area contributed by atoms with E-state index in [-0.39, 0.29) is 0 Å². The first-order valence-corrected chi connectivity index (χ1v) is 5.23. The molecule has 0 spiro atoms. The molecule has 1 aromatic heterocycles. The van der Waals surface area contributed by atoms with E-state index in [9.17, 15) is 0 Å². The molecule has 4 heteroatoms. The second kappa shape index (κ2) is 7.45. The number of ether oxygens (including phenoxy) is 2. The Labute approximate surface area is 90.6 Å². The molecule has 0 amide bonds. The molecule has 0 aliphatic heterocycles. The van der Waals surface area contributed by atoms with Crippen molar-refractivity contribution in [1.29, 1.82) is 0 Å². The maximum atomic E-state index is 5.45. The second-order valence-corrected chi connectivity index (χ2v) is 3.15. The van der Waals surface area contributed by atoms with E-state index in [0.717, 1.165) is 24.5 Å². The molecule has 0 radical (unpaired) electrons. The molecule has 0 fully saturated rings. The summed E-state index contributed by atoms with van der Waals surface area (Å²) < 4.78 is 15.9. The van der Waals surface area contributed by atoms with E-state index in [0.29, 0.717) is 19.8 Å². The fourth-order valence-electron chi connectivity index (χ4n) is 1.26. The van der Waals surface area contributed by atoms with Gasteiger partial charge in [0, 0.05) is 12.2 Å². The van der Waals surface area contributed by atoms with Crippen LogP contribution in [0.4, 0.5) is 0 Å². The molecule has 0 saturated heterocycles. The van der Waals surface area contributed by atoms with Crippen LogP contribution in [-0.4, -0.2) is 26.9 Å². The number of hydrogen-bond acceptors (Lipinski definition) is 4. The first-order valence-electron chi connectivity index (χ1n) is 5.23. The zero-order chi connectivity index (χ0) is 10.9. The van der Waals surface area contributed by atoms with Gasteiger partial charge in [-0.1, -0.05) is 0 Å². The van der Waals surface area contributed by atoms with E-state index in [1.807, 2.05) is 20.0 Å². The standard InChI is InChI=1S/C11H19NO3/c1-3-13-6-7-14-9-10-4-5-15-11(10)8-12-2/h4-5,12H,3,6-9H2,1-2H3. The Kier molecular flexibility index (Phi) is 6.08. The minimum Gasteiger partial charge on any atom is -0.468 e. The van der Waals surface area contributed by atoms with Gasteiger partial charge in [-0.15, -0.1) is 0 Å². The van der Waals surface area contributed by atoms with Crippen LogP contribution in [-0.2, 0) is 22.6 Å². The van der Waals surface area contributed by atoms with Gasteiger partial charge in [0.05, 0.1) is 32.6 Å². The van der Waals surface area contributed by atoms with Crippen molar-refractivity contribution in [1.82, 2.24) is 5.32 Å². The summed E-state index contributed by atoms with van der Waals surface area (Å²) in [5.41, 5.74) is 1.10. The number of hydrogen-bond donors (Lipinski definition) is 1. The van der Waals surface area contributed by atoms with E-state index in [4.69, 9.17) is 13.9 Å². The van der Waals surface area contributed by atoms with Gasteiger partial charge in [0.2, 0.25) is 0 Å². The Morgan fingerprint density at radius 1 is 1.33 bits per heavy atom. The van der Waals surface area contributed by atoms with Crippen LogP contribution >= 0.6 is 0 Å². The summed E-state index contributed by atoms with van der Waals surface area (Å²) >= 11 is 0. The van der Waals surface area contributed by atoms with E-state index in [1.165, 1.54) is 0 Å². The molecule has 0 saturated carbocycles. The highest BCUT2D eigenvalue weighted by Crippen LogP contribution is 2.11. The van der Waals surface area contributed by atoms with Crippen LogP contribution in [0.25, 0.3) is 0 Å². The van der Waals surface area contributed by atoms with Gasteiger partial charge in [-0.25, -0.2) is 0 Å². The van der Waals surface area contributed by atoms with E-state index in [2.05, 4.69) is 5.32 Å². The molecule has 0 unspecified atom stereocenters. The molecule has 0 bridgehead atoms. The Morgan fingerprint density at radius 3 is 2.87 bits per heavy atom. The minimum atomic E-state index is 0.584. The fourth-order valence-corrected chi connectivity index (χ4v) is 1.26. The van der Waals surface area contributed by atoms with Crippen molar-refractivity contribution in [3.63, 3.8) is 0 Å². The van der Waals surface area contributed by atoms with Crippen molar-refractivity contribution in [2.45, 2.75) is 20.1 Å². The Hall–Kier alpha value is -0.840. The maximum Gasteiger partial charge on any atom is 0.123 e. The zero-order valence-corrected chi connectivity index (χ0v) is 9.41. The number of rotatable bonds is 8. The van der Waals surface area contributed by atoms with Crippen LogP contribution in [0.2, 0.25) is 0 Å². The van der Waals surface area contributed by atoms with Gasteiger partial charge in [0.15, 0.2) is 0 Å². The smallest absolute Gasteiger partial charge is 0.123 e. The van der Waals surface area contributed by atoms with Crippen molar-refractivity contribution in [2.75, 3.05) is 26.9 Å². The van der Waals surface area contributed by atoms with Crippen LogP contribution in [0.5, 0.6) is 0 Å². The van der Waals surface area contributed by atoms with Gasteiger partial charge in [-0.05, 0) is 20.0 Å². The summed E-state index contributed by atoms with van der Waals surface area (Å²) in [5, 5.41) is 3.05. The van der Waals surface area contributed by atoms with E-state index < -0.39 is 0 Å². The zero-order valence-electron chi connectivity index (χ0n) is 9.41. The van der Waals surface area contributed by atoms with Gasteiger partial charge in [-0.3, -0.25) is 0 Å². The predicted molar refractivity (Wildman–Crippen MR) is 57.6 cm³/mol. The molecule has 4 nitrogen and oxygen atoms in total. The van der Waals surface area contributed by atoms with Crippen LogP contribution in [0.15, 0.2) is 16.7 Å². The maximum absolute atomic E-state index is 5.45. The summed E-state index contributed by atoms with van der Waals surface area (Å²) in [6.45, 7) is 5.30. The summed E-state index contributed by atoms with van der Waals surface area (Å²) in [6.07, 6.45) is 1.69. The normalized spacial score (nSPS) is 10.8. The topological polar surface area (TPSA) is 43.6 Å². The van der Waals surface area contributed by atoms with Gasteiger partial charge in [0.1, 0.15) is 5.76 Å². The third-order valence-electron chi connectivity index (χ3n) is 2.01. The van der Waals surface area contributed by atoms with Gasteiger partial charge in [0.25, 0.3) is 0 Å². The summed E-state index contributed by atoms with van der Waals surface area (Å²) in [7, 11) is 1.89. The highest BCUT2D eigenvalue weighted by atomic mass is 16.5. The third-order valence-corrected chi connectivity index (χ3v) is 2.01. The van der Waals surface area contributed by atoms with Gasteiger partial charge < -0.3 is 19.2 Å². The van der Waals surface area contributed by atoms with Crippen LogP contribution in [0.3, 0.4) is 0 Å². The summed E-state index contributed by atoms with van der Waals surface area (Å²) in [5.74, 6) is 0.939. The Bertz CT molecular complexity index is 260. The average Bonchev–Trinajstić information content (AvgIpc) is 2.66. The van der Waals surface area contributed by atoms with E-state index >= 15 is 0 Å². The summed E-state index contributed by atoms with van der Waals surface area (Å²) in [6, 6.07) is 1.94. The third kappa shape index (κ3) is 4.46. The van der Waals surface area contributed by atoms with Crippen molar-refractivity contribution in [3.8, 4) is 0 Å². The molecule has 0 aromatic carbocycles. The van der Waals surface area contributed by atoms with Crippen LogP contribution in [0, 0.1) is 0 Å². The molecular formula is C11H19NO3. The lowest BCUT2D eigenvalue weighted by molar-refractivity contribution is 0.0447. The fraction of sp³-hybridized carbons (Fsp3) is 0.636. The van der Waals surface area contributed by atoms with Gasteiger partial charge in [-0.2, -0.15) is 0 Å². The molecule has 0 atom stereocenters. The van der Waals surface area contributed by atoms with Crippen molar-refractivity contribution < 1.29 is 13.9 Å². The molecule has 0 aliphatic rings. The largest absolute Gasteiger partial charge is 0.468 e. The monoisotopic (exact) mass is 213 g/mol. The molecule has 0 aliphatic carbocycles. The second-order valence-electron chi connectivity index (χ2n) is 3.15. The van der Waals surface area contributed by atoms with E-state index in [1.54, 1.807) is 6.26 Å². The minimum absolute atomic E-state index is 0.584. The molecule has 15 heavy (non-hydrogen) atoms. The molecule has 1 aromatic rings. The number of furan rings is 1. The SMILES string of the molecule is CCOCCOCc1ccoc1CNC. The Morgan fingerprint density at radius 2 is 2.13 bits per heavy atom. The first kappa shape index (κ1) is 12.2. The predicted octanol–water partition coefficient (Wildman–Crippen LogP) is 1.55. The van der Waals surface area contributed by atoms with Crippen LogP contribution in [0.1, 0.15) is 18.2 Å². The van der Waals surface area contributed by atoms with Crippen LogP contribution < -0.4 is 5.32 Å². The first-order chi connectivity index (χ1) is 7.38. The lowest BCUT2D eigenvalue weighted by Crippen LogP contribution is -2.08. The van der Waals surface area contributed by atoms with Crippen molar-refractivity contribution >= 4 is 0 Å². The molecule has 1 heterocycles. The van der Waals surface area contributed by atoms with Gasteiger partial charge >= 0.3 is 0 Å². The Balaban J connectivity index is 2.21. The lowest BCUT2D eigenvalue weighted by atomic mass is 10.2. The molecular weight excluding hydrogens is 194 g/mol. The quantitative estimate of drug-likeness (QED) is 0.665. The molecule has 1 rings (SSSR count). The highest BCUT2D eigenvalue weighted by Gasteiger charge is 2.04. The van der Waals surface area contributed by atoms with Crippen molar-refractivity contribution in [2.24, 2.45) is 0 Å². The number of nitrogens with one attached hydrogen (secondary N) is 1.